The summed E-state index contributed by atoms with van der Waals surface area (Å²) in [4.78, 5) is 0. The SMILES string of the molecule is C#CC([O])(C(C)(C)C)C1(CC2CC2)CCC1. The zero-order valence-corrected chi connectivity index (χ0v) is 10.8. The minimum Gasteiger partial charge on any atom is -0.214 e. The van der Waals surface area contributed by atoms with Gasteiger partial charge < -0.3 is 0 Å². The summed E-state index contributed by atoms with van der Waals surface area (Å²) in [6.07, 6.45) is 12.6. The highest BCUT2D eigenvalue weighted by molar-refractivity contribution is 5.23. The van der Waals surface area contributed by atoms with Gasteiger partial charge in [0.1, 0.15) is 0 Å². The maximum absolute atomic E-state index is 13.1. The number of hydrogen-bond donors (Lipinski definition) is 0. The van der Waals surface area contributed by atoms with Crippen molar-refractivity contribution in [3.63, 3.8) is 0 Å². The average Bonchev–Trinajstić information content (AvgIpc) is 2.91. The molecule has 0 aliphatic heterocycles. The van der Waals surface area contributed by atoms with Crippen LogP contribution in [-0.2, 0) is 5.11 Å². The normalized spacial score (nSPS) is 27.7. The maximum Gasteiger partial charge on any atom is 0.173 e. The largest absolute Gasteiger partial charge is 0.214 e. The zero-order chi connectivity index (χ0) is 12.0. The van der Waals surface area contributed by atoms with Crippen LogP contribution >= 0.6 is 0 Å². The van der Waals surface area contributed by atoms with Gasteiger partial charge in [-0.15, -0.1) is 6.42 Å². The van der Waals surface area contributed by atoms with Gasteiger partial charge in [-0.25, -0.2) is 5.11 Å². The molecule has 2 saturated carbocycles. The van der Waals surface area contributed by atoms with E-state index in [1.807, 2.05) is 20.8 Å². The summed E-state index contributed by atoms with van der Waals surface area (Å²) in [5, 5.41) is 13.1. The van der Waals surface area contributed by atoms with Crippen molar-refractivity contribution >= 4 is 0 Å². The first-order valence-electron chi connectivity index (χ1n) is 6.53. The minimum absolute atomic E-state index is 0.0961. The smallest absolute Gasteiger partial charge is 0.173 e. The van der Waals surface area contributed by atoms with E-state index in [1.54, 1.807) is 0 Å². The van der Waals surface area contributed by atoms with Crippen molar-refractivity contribution in [1.82, 2.24) is 0 Å². The van der Waals surface area contributed by atoms with Gasteiger partial charge in [0, 0.05) is 10.8 Å². The molecule has 0 heterocycles. The Morgan fingerprint density at radius 2 is 1.88 bits per heavy atom. The van der Waals surface area contributed by atoms with E-state index in [4.69, 9.17) is 6.42 Å². The molecule has 16 heavy (non-hydrogen) atoms. The van der Waals surface area contributed by atoms with Gasteiger partial charge in [-0.1, -0.05) is 46.0 Å². The monoisotopic (exact) mass is 219 g/mol. The van der Waals surface area contributed by atoms with E-state index in [1.165, 1.54) is 19.3 Å². The Balaban J connectivity index is 2.27. The van der Waals surface area contributed by atoms with Gasteiger partial charge in [0.25, 0.3) is 0 Å². The van der Waals surface area contributed by atoms with E-state index < -0.39 is 5.60 Å². The van der Waals surface area contributed by atoms with Crippen LogP contribution in [0.25, 0.3) is 0 Å². The van der Waals surface area contributed by atoms with Crippen LogP contribution in [0.2, 0.25) is 0 Å². The molecule has 1 nitrogen and oxygen atoms in total. The minimum atomic E-state index is -1.18. The van der Waals surface area contributed by atoms with Crippen molar-refractivity contribution in [2.45, 2.75) is 64.9 Å². The number of terminal acetylenes is 1. The van der Waals surface area contributed by atoms with Crippen LogP contribution in [0.1, 0.15) is 59.3 Å². The lowest BCUT2D eigenvalue weighted by Crippen LogP contribution is -2.58. The van der Waals surface area contributed by atoms with Crippen LogP contribution in [0.15, 0.2) is 0 Å². The molecule has 1 radical (unpaired) electrons. The van der Waals surface area contributed by atoms with Gasteiger partial charge in [0.2, 0.25) is 0 Å². The topological polar surface area (TPSA) is 19.9 Å². The molecular formula is C15H23O. The first kappa shape index (κ1) is 12.0. The molecule has 1 unspecified atom stereocenters. The first-order chi connectivity index (χ1) is 7.35. The Bertz CT molecular complexity index is 309. The fraction of sp³-hybridized carbons (Fsp3) is 0.867. The Hall–Kier alpha value is -0.480. The second kappa shape index (κ2) is 3.50. The highest BCUT2D eigenvalue weighted by Gasteiger charge is 2.61. The molecule has 0 aromatic rings. The molecule has 2 rings (SSSR count). The van der Waals surface area contributed by atoms with Gasteiger partial charge >= 0.3 is 0 Å². The average molecular weight is 219 g/mol. The summed E-state index contributed by atoms with van der Waals surface area (Å²) in [5.74, 6) is 3.43. The first-order valence-corrected chi connectivity index (χ1v) is 6.53. The zero-order valence-electron chi connectivity index (χ0n) is 10.8. The molecule has 0 N–H and O–H groups in total. The van der Waals surface area contributed by atoms with Crippen molar-refractivity contribution in [3.8, 4) is 12.3 Å². The molecule has 2 fully saturated rings. The fourth-order valence-electron chi connectivity index (χ4n) is 3.34. The molecular weight excluding hydrogens is 196 g/mol. The van der Waals surface area contributed by atoms with Crippen molar-refractivity contribution in [2.75, 3.05) is 0 Å². The van der Waals surface area contributed by atoms with Crippen molar-refractivity contribution in [3.05, 3.63) is 0 Å². The van der Waals surface area contributed by atoms with E-state index in [-0.39, 0.29) is 10.8 Å². The summed E-state index contributed by atoms with van der Waals surface area (Å²) >= 11 is 0. The standard InChI is InChI=1S/C15H23O/c1-5-15(16,13(2,3)4)14(9-6-10-14)11-12-7-8-12/h1,12H,6-11H2,2-4H3. The molecule has 2 aliphatic carbocycles. The molecule has 2 aliphatic rings. The summed E-state index contributed by atoms with van der Waals surface area (Å²) in [7, 11) is 0. The third kappa shape index (κ3) is 1.59. The predicted molar refractivity (Wildman–Crippen MR) is 65.3 cm³/mol. The van der Waals surface area contributed by atoms with Crippen LogP contribution in [0.5, 0.6) is 0 Å². The molecule has 0 amide bonds. The van der Waals surface area contributed by atoms with E-state index in [0.29, 0.717) is 0 Å². The summed E-state index contributed by atoms with van der Waals surface area (Å²) in [5.41, 5.74) is -1.61. The van der Waals surface area contributed by atoms with Crippen LogP contribution < -0.4 is 0 Å². The number of hydrogen-bond acceptors (Lipinski definition) is 0. The second-order valence-corrected chi connectivity index (χ2v) is 6.86. The van der Waals surface area contributed by atoms with Crippen molar-refractivity contribution < 1.29 is 5.11 Å². The molecule has 1 atom stereocenters. The molecule has 89 valence electrons. The Morgan fingerprint density at radius 3 is 2.12 bits per heavy atom. The lowest BCUT2D eigenvalue weighted by molar-refractivity contribution is -0.190. The lowest BCUT2D eigenvalue weighted by atomic mass is 9.50. The second-order valence-electron chi connectivity index (χ2n) is 6.86. The van der Waals surface area contributed by atoms with E-state index in [9.17, 15) is 5.11 Å². The van der Waals surface area contributed by atoms with Gasteiger partial charge in [-0.05, 0) is 25.2 Å². The van der Waals surface area contributed by atoms with Crippen LogP contribution in [0, 0.1) is 29.1 Å². The van der Waals surface area contributed by atoms with Crippen LogP contribution in [0.4, 0.5) is 0 Å². The molecule has 0 bridgehead atoms. The molecule has 0 aromatic heterocycles. The third-order valence-electron chi connectivity index (χ3n) is 4.69. The van der Waals surface area contributed by atoms with Gasteiger partial charge in [0.05, 0.1) is 0 Å². The molecule has 0 spiro atoms. The quantitative estimate of drug-likeness (QED) is 0.643. The molecule has 0 saturated heterocycles. The Kier molecular flexibility index (Phi) is 2.63. The molecule has 0 aromatic carbocycles. The van der Waals surface area contributed by atoms with Crippen molar-refractivity contribution in [1.29, 1.82) is 0 Å². The van der Waals surface area contributed by atoms with Gasteiger partial charge in [0.15, 0.2) is 5.60 Å². The van der Waals surface area contributed by atoms with Crippen LogP contribution in [-0.4, -0.2) is 5.60 Å². The highest BCUT2D eigenvalue weighted by atomic mass is 16.3. The summed E-state index contributed by atoms with van der Waals surface area (Å²) in [6.45, 7) is 6.02. The fourth-order valence-corrected chi connectivity index (χ4v) is 3.34. The third-order valence-corrected chi connectivity index (χ3v) is 4.69. The van der Waals surface area contributed by atoms with Gasteiger partial charge in [-0.2, -0.15) is 0 Å². The maximum atomic E-state index is 13.1. The molecule has 1 heteroatoms. The number of rotatable bonds is 3. The summed E-state index contributed by atoms with van der Waals surface area (Å²) in [6, 6.07) is 0. The van der Waals surface area contributed by atoms with E-state index in [2.05, 4.69) is 5.92 Å². The van der Waals surface area contributed by atoms with Crippen molar-refractivity contribution in [2.24, 2.45) is 16.7 Å². The van der Waals surface area contributed by atoms with E-state index in [0.717, 1.165) is 25.2 Å². The highest BCUT2D eigenvalue weighted by Crippen LogP contribution is 2.61. The lowest BCUT2D eigenvalue weighted by Gasteiger charge is -2.55. The Morgan fingerprint density at radius 1 is 1.31 bits per heavy atom. The van der Waals surface area contributed by atoms with Crippen LogP contribution in [0.3, 0.4) is 0 Å². The van der Waals surface area contributed by atoms with Gasteiger partial charge in [-0.3, -0.25) is 0 Å². The summed E-state index contributed by atoms with van der Waals surface area (Å²) < 4.78 is 0. The predicted octanol–water partition coefficient (Wildman–Crippen LogP) is 3.81. The van der Waals surface area contributed by atoms with E-state index >= 15 is 0 Å². The Labute approximate surface area is 99.6 Å².